The van der Waals surface area contributed by atoms with Gasteiger partial charge in [-0.2, -0.15) is 0 Å². The quantitative estimate of drug-likeness (QED) is 0.860. The number of benzene rings is 1. The normalized spacial score (nSPS) is 13.6. The summed E-state index contributed by atoms with van der Waals surface area (Å²) in [5, 5.41) is 11.4. The van der Waals surface area contributed by atoms with Gasteiger partial charge in [0, 0.05) is 5.56 Å². The van der Waals surface area contributed by atoms with E-state index in [1.165, 1.54) is 0 Å². The van der Waals surface area contributed by atoms with Gasteiger partial charge in [0.05, 0.1) is 7.11 Å². The largest absolute Gasteiger partial charge is 0.496 e. The highest BCUT2D eigenvalue weighted by Crippen LogP contribution is 2.53. The lowest BCUT2D eigenvalue weighted by Gasteiger charge is -2.50. The highest BCUT2D eigenvalue weighted by molar-refractivity contribution is 5.40. The molecular weight excluding hydrogens is 224 g/mol. The molecule has 0 bridgehead atoms. The highest BCUT2D eigenvalue weighted by Gasteiger charge is 2.51. The molecule has 1 aromatic carbocycles. The topological polar surface area (TPSA) is 29.5 Å². The molecule has 0 aliphatic rings. The summed E-state index contributed by atoms with van der Waals surface area (Å²) < 4.78 is 5.42. The summed E-state index contributed by atoms with van der Waals surface area (Å²) in [7, 11) is 1.64. The van der Waals surface area contributed by atoms with Crippen molar-refractivity contribution in [3.8, 4) is 5.75 Å². The number of aliphatic hydroxyl groups is 1. The third-order valence-electron chi connectivity index (χ3n) is 3.67. The molecule has 0 spiro atoms. The highest BCUT2D eigenvalue weighted by atomic mass is 16.5. The van der Waals surface area contributed by atoms with Gasteiger partial charge >= 0.3 is 0 Å². The number of para-hydroxylation sites is 1. The molecule has 0 saturated heterocycles. The summed E-state index contributed by atoms with van der Waals surface area (Å²) in [6.07, 6.45) is 0. The van der Waals surface area contributed by atoms with Crippen molar-refractivity contribution in [3.05, 3.63) is 29.8 Å². The van der Waals surface area contributed by atoms with E-state index < -0.39 is 5.60 Å². The molecule has 102 valence electrons. The van der Waals surface area contributed by atoms with Gasteiger partial charge in [-0.15, -0.1) is 0 Å². The van der Waals surface area contributed by atoms with E-state index in [1.54, 1.807) is 7.11 Å². The van der Waals surface area contributed by atoms with Crippen molar-refractivity contribution >= 4 is 0 Å². The van der Waals surface area contributed by atoms with Crippen LogP contribution in [0.25, 0.3) is 0 Å². The van der Waals surface area contributed by atoms with Crippen LogP contribution in [-0.2, 0) is 5.60 Å². The molecule has 0 radical (unpaired) electrons. The summed E-state index contributed by atoms with van der Waals surface area (Å²) in [6, 6.07) is 7.72. The fraction of sp³-hybridized carbons (Fsp3) is 0.625. The number of hydrogen-bond donors (Lipinski definition) is 1. The molecule has 0 unspecified atom stereocenters. The zero-order valence-electron chi connectivity index (χ0n) is 12.7. The number of rotatable bonds is 2. The third kappa shape index (κ3) is 2.26. The first-order chi connectivity index (χ1) is 8.05. The Morgan fingerprint density at radius 3 is 1.72 bits per heavy atom. The van der Waals surface area contributed by atoms with Crippen LogP contribution in [0.15, 0.2) is 24.3 Å². The lowest BCUT2D eigenvalue weighted by atomic mass is 9.59. The van der Waals surface area contributed by atoms with E-state index in [-0.39, 0.29) is 10.8 Å². The Morgan fingerprint density at radius 1 is 0.889 bits per heavy atom. The molecule has 0 aliphatic carbocycles. The molecule has 0 aromatic heterocycles. The Kier molecular flexibility index (Phi) is 3.83. The van der Waals surface area contributed by atoms with Crippen LogP contribution in [0, 0.1) is 10.8 Å². The predicted octanol–water partition coefficient (Wildman–Crippen LogP) is 3.98. The second-order valence-corrected chi connectivity index (χ2v) is 6.91. The van der Waals surface area contributed by atoms with E-state index >= 15 is 0 Å². The maximum absolute atomic E-state index is 11.4. The lowest BCUT2D eigenvalue weighted by molar-refractivity contribution is -0.146. The second-order valence-electron chi connectivity index (χ2n) is 6.91. The van der Waals surface area contributed by atoms with E-state index in [9.17, 15) is 5.11 Å². The van der Waals surface area contributed by atoms with Crippen molar-refractivity contribution < 1.29 is 9.84 Å². The molecule has 18 heavy (non-hydrogen) atoms. The Balaban J connectivity index is 3.56. The van der Waals surface area contributed by atoms with Crippen LogP contribution >= 0.6 is 0 Å². The molecule has 0 atom stereocenters. The average molecular weight is 250 g/mol. The first kappa shape index (κ1) is 15.0. The van der Waals surface area contributed by atoms with E-state index in [0.717, 1.165) is 11.3 Å². The van der Waals surface area contributed by atoms with E-state index in [4.69, 9.17) is 4.74 Å². The summed E-state index contributed by atoms with van der Waals surface area (Å²) in [5.74, 6) is 0.741. The maximum Gasteiger partial charge on any atom is 0.124 e. The zero-order valence-corrected chi connectivity index (χ0v) is 12.7. The van der Waals surface area contributed by atoms with Gasteiger partial charge in [0.15, 0.2) is 0 Å². The first-order valence-corrected chi connectivity index (χ1v) is 6.41. The van der Waals surface area contributed by atoms with Crippen molar-refractivity contribution in [1.82, 2.24) is 0 Å². The van der Waals surface area contributed by atoms with Crippen LogP contribution in [-0.4, -0.2) is 12.2 Å². The van der Waals surface area contributed by atoms with Crippen molar-refractivity contribution in [3.63, 3.8) is 0 Å². The molecular formula is C16H26O2. The fourth-order valence-corrected chi connectivity index (χ4v) is 2.88. The van der Waals surface area contributed by atoms with Crippen LogP contribution in [0.5, 0.6) is 5.75 Å². The Bertz CT molecular complexity index is 394. The minimum Gasteiger partial charge on any atom is -0.496 e. The van der Waals surface area contributed by atoms with Gasteiger partial charge in [-0.25, -0.2) is 0 Å². The van der Waals surface area contributed by atoms with Crippen LogP contribution in [0.1, 0.15) is 47.1 Å². The van der Waals surface area contributed by atoms with Crippen LogP contribution in [0.2, 0.25) is 0 Å². The monoisotopic (exact) mass is 250 g/mol. The molecule has 2 nitrogen and oxygen atoms in total. The smallest absolute Gasteiger partial charge is 0.124 e. The fourth-order valence-electron chi connectivity index (χ4n) is 2.88. The van der Waals surface area contributed by atoms with Crippen molar-refractivity contribution in [2.75, 3.05) is 7.11 Å². The second kappa shape index (κ2) is 4.58. The van der Waals surface area contributed by atoms with Crippen LogP contribution < -0.4 is 4.74 Å². The first-order valence-electron chi connectivity index (χ1n) is 6.41. The van der Waals surface area contributed by atoms with Crippen LogP contribution in [0.3, 0.4) is 0 Å². The van der Waals surface area contributed by atoms with Crippen molar-refractivity contribution in [2.45, 2.75) is 47.1 Å². The van der Waals surface area contributed by atoms with Crippen molar-refractivity contribution in [2.24, 2.45) is 10.8 Å². The summed E-state index contributed by atoms with van der Waals surface area (Å²) in [6.45, 7) is 12.4. The summed E-state index contributed by atoms with van der Waals surface area (Å²) >= 11 is 0. The molecule has 0 saturated carbocycles. The Hall–Kier alpha value is -1.02. The van der Waals surface area contributed by atoms with Crippen LogP contribution in [0.4, 0.5) is 0 Å². The third-order valence-corrected chi connectivity index (χ3v) is 3.67. The van der Waals surface area contributed by atoms with E-state index in [1.807, 2.05) is 24.3 Å². The Morgan fingerprint density at radius 2 is 1.33 bits per heavy atom. The number of hydrogen-bond acceptors (Lipinski definition) is 2. The van der Waals surface area contributed by atoms with Gasteiger partial charge in [-0.3, -0.25) is 0 Å². The minimum atomic E-state index is -0.966. The van der Waals surface area contributed by atoms with E-state index in [0.29, 0.717) is 0 Å². The van der Waals surface area contributed by atoms with Gasteiger partial charge in [0.25, 0.3) is 0 Å². The Labute approximate surface area is 111 Å². The predicted molar refractivity (Wildman–Crippen MR) is 75.8 cm³/mol. The zero-order chi connectivity index (χ0) is 14.2. The maximum atomic E-state index is 11.4. The molecule has 0 amide bonds. The molecule has 0 fully saturated rings. The van der Waals surface area contributed by atoms with Gasteiger partial charge in [0.1, 0.15) is 11.4 Å². The molecule has 0 heterocycles. The molecule has 1 rings (SSSR count). The summed E-state index contributed by atoms with van der Waals surface area (Å²) in [4.78, 5) is 0. The van der Waals surface area contributed by atoms with Crippen molar-refractivity contribution in [1.29, 1.82) is 0 Å². The molecule has 1 aromatic rings. The molecule has 0 aliphatic heterocycles. The van der Waals surface area contributed by atoms with E-state index in [2.05, 4.69) is 41.5 Å². The van der Waals surface area contributed by atoms with Gasteiger partial charge in [-0.1, -0.05) is 59.7 Å². The lowest BCUT2D eigenvalue weighted by Crippen LogP contribution is -2.50. The standard InChI is InChI=1S/C16H26O2/c1-14(2,3)16(17,15(4,5)6)12-10-8-9-11-13(12)18-7/h8-11,17H,1-7H3. The summed E-state index contributed by atoms with van der Waals surface area (Å²) in [5.41, 5.74) is -0.695. The number of methoxy groups -OCH3 is 1. The molecule has 2 heteroatoms. The van der Waals surface area contributed by atoms with Gasteiger partial charge in [-0.05, 0) is 16.9 Å². The number of ether oxygens (including phenoxy) is 1. The molecule has 1 N–H and O–H groups in total. The average Bonchev–Trinajstić information content (AvgIpc) is 2.24. The SMILES string of the molecule is COc1ccccc1C(O)(C(C)(C)C)C(C)(C)C. The van der Waals surface area contributed by atoms with Gasteiger partial charge < -0.3 is 9.84 Å². The minimum absolute atomic E-state index is 0.292. The van der Waals surface area contributed by atoms with Gasteiger partial charge in [0.2, 0.25) is 0 Å².